The van der Waals surface area contributed by atoms with E-state index in [2.05, 4.69) is 49.4 Å². The van der Waals surface area contributed by atoms with Gasteiger partial charge in [0, 0.05) is 12.5 Å². The topological polar surface area (TPSA) is 12.0 Å². The lowest BCUT2D eigenvalue weighted by atomic mass is 10.0. The molecule has 0 heterocycles. The van der Waals surface area contributed by atoms with Crippen LogP contribution in [0.2, 0.25) is 0 Å². The van der Waals surface area contributed by atoms with Crippen LogP contribution in [0.5, 0.6) is 0 Å². The van der Waals surface area contributed by atoms with Gasteiger partial charge in [-0.15, -0.1) is 12.3 Å². The van der Waals surface area contributed by atoms with Gasteiger partial charge in [0.15, 0.2) is 0 Å². The predicted molar refractivity (Wildman–Crippen MR) is 79.6 cm³/mol. The maximum absolute atomic E-state index is 5.35. The van der Waals surface area contributed by atoms with Crippen molar-refractivity contribution in [3.8, 4) is 12.3 Å². The lowest BCUT2D eigenvalue weighted by molar-refractivity contribution is 0.458. The van der Waals surface area contributed by atoms with Gasteiger partial charge in [-0.05, 0) is 44.7 Å². The Hall–Kier alpha value is -1.26. The quantitative estimate of drug-likeness (QED) is 0.686. The summed E-state index contributed by atoms with van der Waals surface area (Å²) in [4.78, 5) is 0. The average Bonchev–Trinajstić information content (AvgIpc) is 2.38. The van der Waals surface area contributed by atoms with E-state index in [1.54, 1.807) is 0 Å². The van der Waals surface area contributed by atoms with Crippen molar-refractivity contribution in [2.75, 3.05) is 6.54 Å². The highest BCUT2D eigenvalue weighted by Gasteiger charge is 2.07. The molecule has 0 saturated heterocycles. The Morgan fingerprint density at radius 2 is 2.17 bits per heavy atom. The lowest BCUT2D eigenvalue weighted by Gasteiger charge is -2.17. The standard InChI is InChI=1S/C17H25N/c1-4-6-10-17(18-13-5-2)12-11-16-9-7-8-15(3)14-16/h1,7-9,14,17-18H,5-6,10-13H2,2-3H3. The van der Waals surface area contributed by atoms with E-state index in [9.17, 15) is 0 Å². The van der Waals surface area contributed by atoms with Crippen LogP contribution >= 0.6 is 0 Å². The SMILES string of the molecule is C#CCCC(CCc1cccc(C)c1)NCCC. The first-order valence-electron chi connectivity index (χ1n) is 6.98. The van der Waals surface area contributed by atoms with Gasteiger partial charge in [0.2, 0.25) is 0 Å². The number of terminal acetylenes is 1. The Bertz CT molecular complexity index is 375. The highest BCUT2D eigenvalue weighted by Crippen LogP contribution is 2.10. The number of rotatable bonds is 8. The maximum Gasteiger partial charge on any atom is 0.0101 e. The molecule has 98 valence electrons. The molecular weight excluding hydrogens is 218 g/mol. The fourth-order valence-corrected chi connectivity index (χ4v) is 2.16. The van der Waals surface area contributed by atoms with Crippen molar-refractivity contribution in [3.05, 3.63) is 35.4 Å². The number of hydrogen-bond acceptors (Lipinski definition) is 1. The second-order valence-electron chi connectivity index (χ2n) is 4.92. The van der Waals surface area contributed by atoms with Gasteiger partial charge in [-0.2, -0.15) is 0 Å². The van der Waals surface area contributed by atoms with Crippen molar-refractivity contribution < 1.29 is 0 Å². The summed E-state index contributed by atoms with van der Waals surface area (Å²) in [5, 5.41) is 3.59. The zero-order chi connectivity index (χ0) is 13.2. The molecular formula is C17H25N. The molecule has 0 fully saturated rings. The molecule has 1 unspecified atom stereocenters. The molecule has 0 spiro atoms. The van der Waals surface area contributed by atoms with Crippen LogP contribution in [0.15, 0.2) is 24.3 Å². The summed E-state index contributed by atoms with van der Waals surface area (Å²) >= 11 is 0. The van der Waals surface area contributed by atoms with E-state index in [1.807, 2.05) is 0 Å². The van der Waals surface area contributed by atoms with Crippen molar-refractivity contribution in [1.82, 2.24) is 5.32 Å². The van der Waals surface area contributed by atoms with E-state index in [1.165, 1.54) is 24.0 Å². The highest BCUT2D eigenvalue weighted by atomic mass is 14.9. The molecule has 0 aliphatic heterocycles. The fourth-order valence-electron chi connectivity index (χ4n) is 2.16. The number of aryl methyl sites for hydroxylation is 2. The van der Waals surface area contributed by atoms with Gasteiger partial charge in [0.25, 0.3) is 0 Å². The molecule has 18 heavy (non-hydrogen) atoms. The van der Waals surface area contributed by atoms with E-state index in [-0.39, 0.29) is 0 Å². The van der Waals surface area contributed by atoms with Crippen molar-refractivity contribution in [3.63, 3.8) is 0 Å². The van der Waals surface area contributed by atoms with Crippen molar-refractivity contribution >= 4 is 0 Å². The predicted octanol–water partition coefficient (Wildman–Crippen LogP) is 3.71. The van der Waals surface area contributed by atoms with Crippen LogP contribution < -0.4 is 5.32 Å². The number of nitrogens with one attached hydrogen (secondary N) is 1. The lowest BCUT2D eigenvalue weighted by Crippen LogP contribution is -2.30. The summed E-state index contributed by atoms with van der Waals surface area (Å²) in [6.07, 6.45) is 10.8. The van der Waals surface area contributed by atoms with Crippen LogP contribution in [-0.2, 0) is 6.42 Å². The minimum atomic E-state index is 0.557. The first-order valence-corrected chi connectivity index (χ1v) is 6.98. The van der Waals surface area contributed by atoms with Gasteiger partial charge in [-0.3, -0.25) is 0 Å². The Balaban J connectivity index is 2.42. The van der Waals surface area contributed by atoms with Crippen LogP contribution in [0.25, 0.3) is 0 Å². The molecule has 0 aliphatic carbocycles. The number of hydrogen-bond donors (Lipinski definition) is 1. The fraction of sp³-hybridized carbons (Fsp3) is 0.529. The molecule has 1 aromatic rings. The molecule has 0 bridgehead atoms. The Labute approximate surface area is 112 Å². The first kappa shape index (κ1) is 14.8. The smallest absolute Gasteiger partial charge is 0.0101 e. The van der Waals surface area contributed by atoms with Gasteiger partial charge in [0.1, 0.15) is 0 Å². The summed E-state index contributed by atoms with van der Waals surface area (Å²) in [6, 6.07) is 9.33. The summed E-state index contributed by atoms with van der Waals surface area (Å²) in [7, 11) is 0. The van der Waals surface area contributed by atoms with Gasteiger partial charge in [0.05, 0.1) is 0 Å². The second-order valence-corrected chi connectivity index (χ2v) is 4.92. The molecule has 1 heteroatoms. The highest BCUT2D eigenvalue weighted by molar-refractivity contribution is 5.22. The molecule has 1 nitrogen and oxygen atoms in total. The summed E-state index contributed by atoms with van der Waals surface area (Å²) < 4.78 is 0. The van der Waals surface area contributed by atoms with Gasteiger partial charge in [-0.25, -0.2) is 0 Å². The Morgan fingerprint density at radius 3 is 2.83 bits per heavy atom. The minimum absolute atomic E-state index is 0.557. The average molecular weight is 243 g/mol. The van der Waals surface area contributed by atoms with Crippen LogP contribution in [0, 0.1) is 19.3 Å². The second kappa shape index (κ2) is 8.78. The third kappa shape index (κ3) is 5.89. The van der Waals surface area contributed by atoms with Crippen LogP contribution in [0.4, 0.5) is 0 Å². The van der Waals surface area contributed by atoms with Gasteiger partial charge >= 0.3 is 0 Å². The van der Waals surface area contributed by atoms with Gasteiger partial charge < -0.3 is 5.32 Å². The molecule has 0 amide bonds. The molecule has 1 aromatic carbocycles. The zero-order valence-electron chi connectivity index (χ0n) is 11.7. The Kier molecular flexibility index (Phi) is 7.22. The van der Waals surface area contributed by atoms with Crippen LogP contribution in [0.3, 0.4) is 0 Å². The van der Waals surface area contributed by atoms with Crippen molar-refractivity contribution in [2.24, 2.45) is 0 Å². The van der Waals surface area contributed by atoms with Crippen LogP contribution in [-0.4, -0.2) is 12.6 Å². The minimum Gasteiger partial charge on any atom is -0.314 e. The summed E-state index contributed by atoms with van der Waals surface area (Å²) in [5.41, 5.74) is 2.77. The summed E-state index contributed by atoms with van der Waals surface area (Å²) in [5.74, 6) is 2.74. The van der Waals surface area contributed by atoms with Crippen molar-refractivity contribution in [1.29, 1.82) is 0 Å². The molecule has 1 atom stereocenters. The largest absolute Gasteiger partial charge is 0.314 e. The number of benzene rings is 1. The van der Waals surface area contributed by atoms with E-state index in [4.69, 9.17) is 6.42 Å². The Morgan fingerprint density at radius 1 is 1.33 bits per heavy atom. The normalized spacial score (nSPS) is 12.1. The summed E-state index contributed by atoms with van der Waals surface area (Å²) in [6.45, 7) is 5.43. The van der Waals surface area contributed by atoms with E-state index in [0.29, 0.717) is 6.04 Å². The first-order chi connectivity index (χ1) is 8.76. The molecule has 1 rings (SSSR count). The molecule has 0 aliphatic rings. The zero-order valence-corrected chi connectivity index (χ0v) is 11.7. The van der Waals surface area contributed by atoms with Crippen molar-refractivity contribution in [2.45, 2.75) is 52.0 Å². The van der Waals surface area contributed by atoms with E-state index >= 15 is 0 Å². The van der Waals surface area contributed by atoms with Crippen LogP contribution in [0.1, 0.15) is 43.7 Å². The van der Waals surface area contributed by atoms with E-state index < -0.39 is 0 Å². The third-order valence-electron chi connectivity index (χ3n) is 3.18. The molecule has 0 radical (unpaired) electrons. The molecule has 1 N–H and O–H groups in total. The third-order valence-corrected chi connectivity index (χ3v) is 3.18. The maximum atomic E-state index is 5.35. The molecule has 0 saturated carbocycles. The monoisotopic (exact) mass is 243 g/mol. The van der Waals surface area contributed by atoms with E-state index in [0.717, 1.165) is 25.8 Å². The van der Waals surface area contributed by atoms with Gasteiger partial charge in [-0.1, -0.05) is 36.8 Å². The molecule has 0 aromatic heterocycles.